The Morgan fingerprint density at radius 1 is 1.18 bits per heavy atom. The van der Waals surface area contributed by atoms with Gasteiger partial charge in [-0.15, -0.1) is 0 Å². The van der Waals surface area contributed by atoms with Crippen LogP contribution in [0.2, 0.25) is 5.02 Å². The molecule has 0 spiro atoms. The summed E-state index contributed by atoms with van der Waals surface area (Å²) in [5.74, 6) is 0.764. The number of benzene rings is 2. The van der Waals surface area contributed by atoms with Crippen molar-refractivity contribution in [1.29, 1.82) is 5.26 Å². The van der Waals surface area contributed by atoms with Gasteiger partial charge in [0.05, 0.1) is 18.6 Å². The van der Waals surface area contributed by atoms with Crippen molar-refractivity contribution in [2.24, 2.45) is 0 Å². The summed E-state index contributed by atoms with van der Waals surface area (Å²) in [4.78, 5) is 0. The van der Waals surface area contributed by atoms with E-state index in [-0.39, 0.29) is 5.92 Å². The van der Waals surface area contributed by atoms with Gasteiger partial charge in [-0.3, -0.25) is 0 Å². The summed E-state index contributed by atoms with van der Waals surface area (Å²) in [6.45, 7) is 2.74. The lowest BCUT2D eigenvalue weighted by atomic mass is 9.96. The summed E-state index contributed by atoms with van der Waals surface area (Å²) in [7, 11) is 0. The molecule has 0 bridgehead atoms. The van der Waals surface area contributed by atoms with Crippen molar-refractivity contribution in [3.63, 3.8) is 0 Å². The Balaban J connectivity index is 1.83. The highest BCUT2D eigenvalue weighted by molar-refractivity contribution is 6.30. The summed E-state index contributed by atoms with van der Waals surface area (Å²) in [5, 5.41) is 9.99. The second-order valence-electron chi connectivity index (χ2n) is 5.23. The molecule has 0 aromatic heterocycles. The van der Waals surface area contributed by atoms with Crippen molar-refractivity contribution in [2.45, 2.75) is 32.1 Å². The maximum atomic E-state index is 9.32. The summed E-state index contributed by atoms with van der Waals surface area (Å²) in [5.41, 5.74) is 2.24. The highest BCUT2D eigenvalue weighted by Gasteiger charge is 2.10. The molecule has 114 valence electrons. The molecule has 2 rings (SSSR count). The lowest BCUT2D eigenvalue weighted by Gasteiger charge is -2.11. The van der Waals surface area contributed by atoms with Gasteiger partial charge in [-0.2, -0.15) is 5.26 Å². The lowest BCUT2D eigenvalue weighted by Crippen LogP contribution is -2.02. The van der Waals surface area contributed by atoms with Crippen LogP contribution in [0, 0.1) is 11.3 Å². The van der Waals surface area contributed by atoms with E-state index in [2.05, 4.69) is 25.1 Å². The molecule has 3 heteroatoms. The number of halogens is 1. The van der Waals surface area contributed by atoms with Crippen LogP contribution in [0.5, 0.6) is 5.75 Å². The number of hydrogen-bond donors (Lipinski definition) is 0. The van der Waals surface area contributed by atoms with Crippen molar-refractivity contribution < 1.29 is 4.74 Å². The minimum absolute atomic E-state index is 0.135. The third-order valence-electron chi connectivity index (χ3n) is 3.62. The third kappa shape index (κ3) is 4.79. The average molecular weight is 314 g/mol. The van der Waals surface area contributed by atoms with Gasteiger partial charge in [0, 0.05) is 5.02 Å². The molecule has 1 unspecified atom stereocenters. The monoisotopic (exact) mass is 313 g/mol. The van der Waals surface area contributed by atoms with E-state index in [4.69, 9.17) is 16.3 Å². The number of nitrogens with zero attached hydrogens (tertiary/aromatic N) is 1. The predicted octanol–water partition coefficient (Wildman–Crippen LogP) is 5.37. The van der Waals surface area contributed by atoms with E-state index in [1.165, 1.54) is 5.56 Å². The number of rotatable bonds is 7. The third-order valence-corrected chi connectivity index (χ3v) is 3.85. The summed E-state index contributed by atoms with van der Waals surface area (Å²) >= 11 is 5.98. The molecule has 2 aromatic carbocycles. The number of nitriles is 1. The van der Waals surface area contributed by atoms with Gasteiger partial charge in [0.25, 0.3) is 0 Å². The van der Waals surface area contributed by atoms with Crippen molar-refractivity contribution in [2.75, 3.05) is 6.61 Å². The van der Waals surface area contributed by atoms with Gasteiger partial charge in [0.2, 0.25) is 0 Å². The van der Waals surface area contributed by atoms with Crippen molar-refractivity contribution in [1.82, 2.24) is 0 Å². The number of aryl methyl sites for hydroxylation is 1. The molecule has 0 fully saturated rings. The first-order chi connectivity index (χ1) is 10.7. The van der Waals surface area contributed by atoms with Gasteiger partial charge in [-0.1, -0.05) is 42.8 Å². The second kappa shape index (κ2) is 8.46. The molecule has 0 saturated heterocycles. The maximum Gasteiger partial charge on any atom is 0.119 e. The number of hydrogen-bond acceptors (Lipinski definition) is 2. The predicted molar refractivity (Wildman–Crippen MR) is 90.4 cm³/mol. The van der Waals surface area contributed by atoms with E-state index in [1.54, 1.807) is 0 Å². The molecule has 0 heterocycles. The standard InChI is InChI=1S/C19H20ClNO/c1-2-15-6-3-10-19(12-15)22-11-5-8-17(14-21)16-7-4-9-18(20)13-16/h3-4,6-7,9-10,12-13,17H,2,5,8,11H2,1H3. The Morgan fingerprint density at radius 3 is 2.73 bits per heavy atom. The Morgan fingerprint density at radius 2 is 2.00 bits per heavy atom. The molecular weight excluding hydrogens is 294 g/mol. The quantitative estimate of drug-likeness (QED) is 0.644. The molecule has 0 aliphatic heterocycles. The van der Waals surface area contributed by atoms with E-state index in [0.717, 1.165) is 30.6 Å². The average Bonchev–Trinajstić information content (AvgIpc) is 2.55. The molecule has 1 atom stereocenters. The van der Waals surface area contributed by atoms with E-state index >= 15 is 0 Å². The summed E-state index contributed by atoms with van der Waals surface area (Å²) < 4.78 is 5.77. The molecule has 0 saturated carbocycles. The zero-order chi connectivity index (χ0) is 15.8. The van der Waals surface area contributed by atoms with Crippen molar-refractivity contribution >= 4 is 11.6 Å². The van der Waals surface area contributed by atoms with Crippen LogP contribution in [0.1, 0.15) is 36.8 Å². The van der Waals surface area contributed by atoms with E-state index in [0.29, 0.717) is 11.6 Å². The van der Waals surface area contributed by atoms with Gasteiger partial charge in [0.1, 0.15) is 5.75 Å². The first-order valence-corrected chi connectivity index (χ1v) is 7.97. The molecule has 0 amide bonds. The minimum atomic E-state index is -0.135. The Hall–Kier alpha value is -1.98. The Bertz CT molecular complexity index is 648. The van der Waals surface area contributed by atoms with Crippen molar-refractivity contribution in [3.05, 3.63) is 64.7 Å². The van der Waals surface area contributed by atoms with Crippen LogP contribution in [0.4, 0.5) is 0 Å². The summed E-state index contributed by atoms with van der Waals surface area (Å²) in [6.07, 6.45) is 2.61. The van der Waals surface area contributed by atoms with Gasteiger partial charge >= 0.3 is 0 Å². The summed E-state index contributed by atoms with van der Waals surface area (Å²) in [6, 6.07) is 18.0. The second-order valence-corrected chi connectivity index (χ2v) is 5.66. The van der Waals surface area contributed by atoms with Gasteiger partial charge < -0.3 is 4.74 Å². The van der Waals surface area contributed by atoms with Crippen LogP contribution in [0.25, 0.3) is 0 Å². The fourth-order valence-electron chi connectivity index (χ4n) is 2.36. The smallest absolute Gasteiger partial charge is 0.119 e. The van der Waals surface area contributed by atoms with Crippen LogP contribution in [-0.4, -0.2) is 6.61 Å². The topological polar surface area (TPSA) is 33.0 Å². The van der Waals surface area contributed by atoms with E-state index < -0.39 is 0 Å². The van der Waals surface area contributed by atoms with Crippen LogP contribution in [0.15, 0.2) is 48.5 Å². The molecular formula is C19H20ClNO. The maximum absolute atomic E-state index is 9.32. The van der Waals surface area contributed by atoms with Gasteiger partial charge in [-0.05, 0) is 54.7 Å². The first kappa shape index (κ1) is 16.4. The minimum Gasteiger partial charge on any atom is -0.494 e. The highest BCUT2D eigenvalue weighted by Crippen LogP contribution is 2.23. The van der Waals surface area contributed by atoms with Crippen molar-refractivity contribution in [3.8, 4) is 11.8 Å². The normalized spacial score (nSPS) is 11.7. The molecule has 22 heavy (non-hydrogen) atoms. The highest BCUT2D eigenvalue weighted by atomic mass is 35.5. The SMILES string of the molecule is CCc1cccc(OCCCC(C#N)c2cccc(Cl)c2)c1. The molecule has 0 radical (unpaired) electrons. The zero-order valence-electron chi connectivity index (χ0n) is 12.8. The molecule has 0 aliphatic carbocycles. The van der Waals surface area contributed by atoms with Gasteiger partial charge in [-0.25, -0.2) is 0 Å². The van der Waals surface area contributed by atoms with Crippen LogP contribution >= 0.6 is 11.6 Å². The zero-order valence-corrected chi connectivity index (χ0v) is 13.5. The molecule has 0 aliphatic rings. The lowest BCUT2D eigenvalue weighted by molar-refractivity contribution is 0.304. The van der Waals surface area contributed by atoms with Crippen LogP contribution in [-0.2, 0) is 6.42 Å². The first-order valence-electron chi connectivity index (χ1n) is 7.59. The Labute approximate surface area is 137 Å². The van der Waals surface area contributed by atoms with E-state index in [1.807, 2.05) is 36.4 Å². The van der Waals surface area contributed by atoms with E-state index in [9.17, 15) is 5.26 Å². The van der Waals surface area contributed by atoms with Gasteiger partial charge in [0.15, 0.2) is 0 Å². The molecule has 2 aromatic rings. The fraction of sp³-hybridized carbons (Fsp3) is 0.316. The van der Waals surface area contributed by atoms with Crippen LogP contribution in [0.3, 0.4) is 0 Å². The molecule has 2 nitrogen and oxygen atoms in total. The largest absolute Gasteiger partial charge is 0.494 e. The fourth-order valence-corrected chi connectivity index (χ4v) is 2.56. The molecule has 0 N–H and O–H groups in total. The number of ether oxygens (including phenoxy) is 1. The van der Waals surface area contributed by atoms with Crippen LogP contribution < -0.4 is 4.74 Å². The Kier molecular flexibility index (Phi) is 6.30.